The highest BCUT2D eigenvalue weighted by atomic mass is 35.5. The zero-order valence-electron chi connectivity index (χ0n) is 15.0. The van der Waals surface area contributed by atoms with Crippen molar-refractivity contribution in [3.63, 3.8) is 0 Å². The average Bonchev–Trinajstić information content (AvgIpc) is 3.31. The van der Waals surface area contributed by atoms with Crippen LogP contribution in [0, 0.1) is 5.82 Å². The number of Topliss-reactive ketones (excluding diaryl/α,β-unsaturated/α-hetero) is 1. The molecule has 1 fully saturated rings. The number of hydrogen-bond acceptors (Lipinski definition) is 4. The summed E-state index contributed by atoms with van der Waals surface area (Å²) in [5.74, 6) is -2.29. The van der Waals surface area contributed by atoms with E-state index in [-0.39, 0.29) is 17.7 Å². The summed E-state index contributed by atoms with van der Waals surface area (Å²) >= 11 is 5.89. The molecule has 1 aromatic heterocycles. The molecule has 146 valence electrons. The molecule has 2 heterocycles. The van der Waals surface area contributed by atoms with Crippen molar-refractivity contribution in [2.75, 3.05) is 0 Å². The Bertz CT molecular complexity index is 1110. The number of rotatable bonds is 4. The molecule has 0 unspecified atom stereocenters. The van der Waals surface area contributed by atoms with Gasteiger partial charge in [-0.15, -0.1) is 0 Å². The molecule has 4 rings (SSSR count). The summed E-state index contributed by atoms with van der Waals surface area (Å²) in [5, 5.41) is 11.3. The normalized spacial score (nSPS) is 18.4. The number of nitrogens with zero attached hydrogens (tertiary/aromatic N) is 1. The van der Waals surface area contributed by atoms with E-state index in [2.05, 4.69) is 0 Å². The maximum atomic E-state index is 14.6. The molecule has 0 spiro atoms. The van der Waals surface area contributed by atoms with Gasteiger partial charge in [0, 0.05) is 16.1 Å². The van der Waals surface area contributed by atoms with Gasteiger partial charge in [-0.3, -0.25) is 9.59 Å². The number of halogens is 2. The first-order valence-corrected chi connectivity index (χ1v) is 9.16. The number of amides is 1. The summed E-state index contributed by atoms with van der Waals surface area (Å²) in [4.78, 5) is 26.8. The van der Waals surface area contributed by atoms with Gasteiger partial charge in [0.15, 0.2) is 0 Å². The summed E-state index contributed by atoms with van der Waals surface area (Å²) < 4.78 is 19.9. The summed E-state index contributed by atoms with van der Waals surface area (Å²) in [5.41, 5.74) is 0.217. The maximum Gasteiger partial charge on any atom is 0.296 e. The van der Waals surface area contributed by atoms with Gasteiger partial charge in [-0.2, -0.15) is 0 Å². The summed E-state index contributed by atoms with van der Waals surface area (Å²) in [6, 6.07) is 14.2. The topological polar surface area (TPSA) is 70.8 Å². The Balaban J connectivity index is 1.89. The van der Waals surface area contributed by atoms with Crippen LogP contribution in [0.4, 0.5) is 4.39 Å². The maximum absolute atomic E-state index is 14.6. The number of carbonyl (C=O) groups excluding carboxylic acids is 2. The molecule has 1 atom stereocenters. The fraction of sp³-hybridized carbons (Fsp3) is 0.0909. The molecule has 0 radical (unpaired) electrons. The van der Waals surface area contributed by atoms with Gasteiger partial charge >= 0.3 is 0 Å². The second-order valence-corrected chi connectivity index (χ2v) is 6.97. The van der Waals surface area contributed by atoms with Crippen LogP contribution in [0.3, 0.4) is 0 Å². The van der Waals surface area contributed by atoms with Crippen LogP contribution in [0.15, 0.2) is 76.9 Å². The molecule has 1 aliphatic heterocycles. The molecule has 1 N–H and O–H groups in total. The van der Waals surface area contributed by atoms with E-state index in [1.807, 2.05) is 0 Å². The Kier molecular flexibility index (Phi) is 4.94. The minimum absolute atomic E-state index is 0.0476. The first kappa shape index (κ1) is 19.0. The molecule has 1 aliphatic rings. The number of hydrogen-bond donors (Lipinski definition) is 1. The van der Waals surface area contributed by atoms with Crippen molar-refractivity contribution < 1.29 is 23.5 Å². The van der Waals surface area contributed by atoms with Gasteiger partial charge in [-0.25, -0.2) is 4.39 Å². The van der Waals surface area contributed by atoms with Crippen LogP contribution in [-0.2, 0) is 16.1 Å². The lowest BCUT2D eigenvalue weighted by Gasteiger charge is -2.24. The lowest BCUT2D eigenvalue weighted by Crippen LogP contribution is -2.29. The lowest BCUT2D eigenvalue weighted by atomic mass is 9.95. The zero-order chi connectivity index (χ0) is 20.5. The molecule has 0 saturated carbocycles. The number of ketones is 1. The van der Waals surface area contributed by atoms with Crippen LogP contribution in [0.25, 0.3) is 5.76 Å². The molecule has 1 saturated heterocycles. The van der Waals surface area contributed by atoms with Gasteiger partial charge in [0.05, 0.1) is 24.4 Å². The minimum atomic E-state index is -1.10. The Morgan fingerprint density at radius 1 is 1.07 bits per heavy atom. The highest BCUT2D eigenvalue weighted by molar-refractivity contribution is 6.46. The molecule has 0 bridgehead atoms. The van der Waals surface area contributed by atoms with Crippen LogP contribution >= 0.6 is 11.6 Å². The number of likely N-dealkylation sites (tertiary alicyclic amines) is 1. The Morgan fingerprint density at radius 3 is 2.45 bits per heavy atom. The minimum Gasteiger partial charge on any atom is -0.507 e. The predicted molar refractivity (Wildman–Crippen MR) is 104 cm³/mol. The van der Waals surface area contributed by atoms with Gasteiger partial charge < -0.3 is 14.4 Å². The van der Waals surface area contributed by atoms with Crippen LogP contribution in [-0.4, -0.2) is 21.7 Å². The van der Waals surface area contributed by atoms with Crippen molar-refractivity contribution >= 4 is 29.1 Å². The van der Waals surface area contributed by atoms with E-state index in [9.17, 15) is 19.1 Å². The first-order chi connectivity index (χ1) is 14.0. The van der Waals surface area contributed by atoms with Gasteiger partial charge in [-0.1, -0.05) is 29.8 Å². The smallest absolute Gasteiger partial charge is 0.296 e. The van der Waals surface area contributed by atoms with Crippen LogP contribution in [0.1, 0.15) is 22.9 Å². The van der Waals surface area contributed by atoms with Crippen molar-refractivity contribution in [1.82, 2.24) is 4.90 Å². The van der Waals surface area contributed by atoms with E-state index >= 15 is 0 Å². The third-order valence-corrected chi connectivity index (χ3v) is 5.02. The van der Waals surface area contributed by atoms with E-state index in [0.29, 0.717) is 16.3 Å². The van der Waals surface area contributed by atoms with Crippen molar-refractivity contribution in [2.24, 2.45) is 0 Å². The highest BCUT2D eigenvalue weighted by Crippen LogP contribution is 2.41. The quantitative estimate of drug-likeness (QED) is 0.384. The number of aliphatic hydroxyl groups is 1. The van der Waals surface area contributed by atoms with E-state index in [1.165, 1.54) is 41.5 Å². The second-order valence-electron chi connectivity index (χ2n) is 6.53. The third-order valence-electron chi connectivity index (χ3n) is 4.76. The fourth-order valence-corrected chi connectivity index (χ4v) is 3.52. The number of carbonyl (C=O) groups is 2. The van der Waals surface area contributed by atoms with E-state index in [4.69, 9.17) is 16.0 Å². The molecule has 0 aliphatic carbocycles. The molecule has 2 aromatic carbocycles. The number of benzene rings is 2. The van der Waals surface area contributed by atoms with Gasteiger partial charge in [0.25, 0.3) is 11.7 Å². The van der Waals surface area contributed by atoms with Crippen molar-refractivity contribution in [3.05, 3.63) is 100 Å². The lowest BCUT2D eigenvalue weighted by molar-refractivity contribution is -0.140. The monoisotopic (exact) mass is 411 g/mol. The molecule has 5 nitrogen and oxygen atoms in total. The average molecular weight is 412 g/mol. The van der Waals surface area contributed by atoms with Crippen LogP contribution in [0.5, 0.6) is 0 Å². The van der Waals surface area contributed by atoms with Crippen molar-refractivity contribution in [3.8, 4) is 0 Å². The van der Waals surface area contributed by atoms with E-state index in [1.54, 1.807) is 30.3 Å². The van der Waals surface area contributed by atoms with Crippen molar-refractivity contribution in [2.45, 2.75) is 12.6 Å². The van der Waals surface area contributed by atoms with Gasteiger partial charge in [0.1, 0.15) is 17.3 Å². The zero-order valence-corrected chi connectivity index (χ0v) is 15.8. The number of aliphatic hydroxyl groups excluding tert-OH is 1. The summed E-state index contributed by atoms with van der Waals surface area (Å²) in [7, 11) is 0. The Morgan fingerprint density at radius 2 is 1.79 bits per heavy atom. The molecule has 7 heteroatoms. The molecule has 29 heavy (non-hydrogen) atoms. The van der Waals surface area contributed by atoms with E-state index < -0.39 is 29.3 Å². The SMILES string of the molecule is O=C1C(=O)N(Cc2ccco2)[C@H](c2ccccc2F)/C1=C(\O)c1ccc(Cl)cc1. The molecular weight excluding hydrogens is 397 g/mol. The summed E-state index contributed by atoms with van der Waals surface area (Å²) in [6.07, 6.45) is 1.44. The molecular formula is C22H15ClFNO4. The Labute approximate surface area is 170 Å². The standard InChI is InChI=1S/C22H15ClFNO4/c23-14-9-7-13(8-10-14)20(26)18-19(16-5-1-2-6-17(16)24)25(22(28)21(18)27)12-15-4-3-11-29-15/h1-11,19,26H,12H2/b20-18+/t19-/m1/s1. The highest BCUT2D eigenvalue weighted by Gasteiger charge is 2.47. The fourth-order valence-electron chi connectivity index (χ4n) is 3.40. The van der Waals surface area contributed by atoms with Gasteiger partial charge in [-0.05, 0) is 42.5 Å². The predicted octanol–water partition coefficient (Wildman–Crippen LogP) is 4.69. The Hall–Kier alpha value is -3.38. The second kappa shape index (κ2) is 7.56. The van der Waals surface area contributed by atoms with Crippen molar-refractivity contribution in [1.29, 1.82) is 0 Å². The van der Waals surface area contributed by atoms with Crippen LogP contribution in [0.2, 0.25) is 5.02 Å². The van der Waals surface area contributed by atoms with E-state index in [0.717, 1.165) is 0 Å². The molecule has 3 aromatic rings. The van der Waals surface area contributed by atoms with Gasteiger partial charge in [0.2, 0.25) is 0 Å². The largest absolute Gasteiger partial charge is 0.507 e. The van der Waals surface area contributed by atoms with Crippen LogP contribution < -0.4 is 0 Å². The first-order valence-electron chi connectivity index (χ1n) is 8.78. The molecule has 1 amide bonds. The summed E-state index contributed by atoms with van der Waals surface area (Å²) in [6.45, 7) is -0.0476. The third kappa shape index (κ3) is 3.43. The number of furan rings is 1.